The predicted octanol–water partition coefficient (Wildman–Crippen LogP) is 8.09. The number of aromatic nitrogens is 1. The highest BCUT2D eigenvalue weighted by atomic mass is 19.4. The van der Waals surface area contributed by atoms with E-state index in [0.717, 1.165) is 30.3 Å². The monoisotopic (exact) mass is 733 g/mol. The van der Waals surface area contributed by atoms with Crippen molar-refractivity contribution in [2.45, 2.75) is 97.3 Å². The normalized spacial score (nSPS) is 16.1. The number of benzene rings is 2. The number of likely N-dealkylation sites (tertiary alicyclic amines) is 1. The van der Waals surface area contributed by atoms with Crippen LogP contribution in [-0.2, 0) is 26.9 Å². The van der Waals surface area contributed by atoms with Crippen molar-refractivity contribution in [1.29, 1.82) is 0 Å². The first kappa shape index (κ1) is 39.1. The molecule has 1 aliphatic carbocycles. The lowest BCUT2D eigenvalue weighted by Crippen LogP contribution is -2.41. The van der Waals surface area contributed by atoms with Crippen LogP contribution in [0.3, 0.4) is 0 Å². The highest BCUT2D eigenvalue weighted by Gasteiger charge is 2.38. The molecule has 1 unspecified atom stereocenters. The van der Waals surface area contributed by atoms with Gasteiger partial charge in [0.25, 0.3) is 5.56 Å². The van der Waals surface area contributed by atoms with Crippen molar-refractivity contribution in [3.05, 3.63) is 91.6 Å². The van der Waals surface area contributed by atoms with Crippen LogP contribution in [-0.4, -0.2) is 47.6 Å². The van der Waals surface area contributed by atoms with E-state index in [-0.39, 0.29) is 59.1 Å². The van der Waals surface area contributed by atoms with Crippen molar-refractivity contribution in [1.82, 2.24) is 14.8 Å². The van der Waals surface area contributed by atoms with Crippen LogP contribution in [0.15, 0.2) is 35.3 Å². The minimum atomic E-state index is -4.82. The maximum absolute atomic E-state index is 16.9. The van der Waals surface area contributed by atoms with E-state index in [1.165, 1.54) is 25.1 Å². The Morgan fingerprint density at radius 2 is 1.73 bits per heavy atom. The molecule has 1 saturated carbocycles. The molecule has 2 atom stereocenters. The van der Waals surface area contributed by atoms with Crippen molar-refractivity contribution in [2.24, 2.45) is 5.92 Å². The summed E-state index contributed by atoms with van der Waals surface area (Å²) in [5, 5.41) is 2.59. The number of ether oxygens (including phenoxy) is 1. The van der Waals surface area contributed by atoms with Gasteiger partial charge in [0.2, 0.25) is 5.91 Å². The number of alkyl halides is 3. The quantitative estimate of drug-likeness (QED) is 0.134. The van der Waals surface area contributed by atoms with E-state index >= 15 is 8.78 Å². The summed E-state index contributed by atoms with van der Waals surface area (Å²) in [6.45, 7) is 9.95. The molecule has 1 aromatic heterocycles. The Morgan fingerprint density at radius 1 is 1.04 bits per heavy atom. The summed E-state index contributed by atoms with van der Waals surface area (Å²) < 4.78 is 96.6. The number of carbonyl (C=O) groups is 2. The zero-order valence-electron chi connectivity index (χ0n) is 30.1. The van der Waals surface area contributed by atoms with E-state index in [1.54, 1.807) is 27.7 Å². The number of nitrogens with zero attached hydrogens (tertiary/aromatic N) is 2. The molecule has 0 spiro atoms. The number of carbonyl (C=O) groups excluding carboxylic acids is 2. The fraction of sp³-hybridized carbons (Fsp3) is 0.513. The first-order valence-corrected chi connectivity index (χ1v) is 17.8. The Kier molecular flexibility index (Phi) is 11.9. The number of hydrogen-bond donors (Lipinski definition) is 1. The molecule has 282 valence electrons. The Hall–Kier alpha value is -4.13. The van der Waals surface area contributed by atoms with Crippen molar-refractivity contribution in [2.75, 3.05) is 26.2 Å². The maximum Gasteiger partial charge on any atom is 0.416 e. The average Bonchev–Trinajstić information content (AvgIpc) is 3.88. The highest BCUT2D eigenvalue weighted by Crippen LogP contribution is 2.46. The highest BCUT2D eigenvalue weighted by molar-refractivity contribution is 5.82. The lowest BCUT2D eigenvalue weighted by molar-refractivity contribution is -0.144. The van der Waals surface area contributed by atoms with Gasteiger partial charge in [0, 0.05) is 29.9 Å². The van der Waals surface area contributed by atoms with E-state index in [9.17, 15) is 31.9 Å². The number of nitrogens with one attached hydrogen (secondary N) is 1. The molecule has 1 aliphatic heterocycles. The molecule has 13 heteroatoms. The molecule has 0 bridgehead atoms. The number of halogens is 6. The number of amides is 1. The number of aryl methyl sites for hydroxylation is 1. The van der Waals surface area contributed by atoms with Crippen LogP contribution >= 0.6 is 0 Å². The van der Waals surface area contributed by atoms with Gasteiger partial charge in [0.05, 0.1) is 24.6 Å². The molecule has 1 saturated heterocycles. The molecule has 52 heavy (non-hydrogen) atoms. The Morgan fingerprint density at radius 3 is 2.31 bits per heavy atom. The van der Waals surface area contributed by atoms with Gasteiger partial charge in [-0.25, -0.2) is 13.2 Å². The lowest BCUT2D eigenvalue weighted by atomic mass is 9.88. The van der Waals surface area contributed by atoms with Crippen LogP contribution in [0.5, 0.6) is 0 Å². The maximum atomic E-state index is 16.9. The topological polar surface area (TPSA) is 80.6 Å². The Balaban J connectivity index is 1.63. The van der Waals surface area contributed by atoms with Crippen LogP contribution in [0.4, 0.5) is 26.3 Å². The smallest absolute Gasteiger partial charge is 0.416 e. The van der Waals surface area contributed by atoms with Gasteiger partial charge >= 0.3 is 12.1 Å². The van der Waals surface area contributed by atoms with Gasteiger partial charge < -0.3 is 19.5 Å². The van der Waals surface area contributed by atoms with Crippen LogP contribution in [0.25, 0.3) is 11.1 Å². The summed E-state index contributed by atoms with van der Waals surface area (Å²) in [5.41, 5.74) is -2.03. The van der Waals surface area contributed by atoms with Gasteiger partial charge in [0.1, 0.15) is 23.5 Å². The van der Waals surface area contributed by atoms with Gasteiger partial charge in [-0.05, 0) is 118 Å². The van der Waals surface area contributed by atoms with Crippen LogP contribution in [0, 0.1) is 37.2 Å². The van der Waals surface area contributed by atoms with Crippen molar-refractivity contribution in [3.63, 3.8) is 0 Å². The van der Waals surface area contributed by atoms with E-state index in [1.807, 2.05) is 4.90 Å². The third-order valence-corrected chi connectivity index (χ3v) is 9.95. The number of rotatable bonds is 14. The van der Waals surface area contributed by atoms with Crippen molar-refractivity contribution >= 4 is 11.9 Å². The summed E-state index contributed by atoms with van der Waals surface area (Å²) in [6, 6.07) is 1.52. The van der Waals surface area contributed by atoms with Crippen LogP contribution in [0.1, 0.15) is 104 Å². The molecular formula is C39H45F6N3O4. The summed E-state index contributed by atoms with van der Waals surface area (Å²) >= 11 is 0. The first-order chi connectivity index (χ1) is 24.5. The predicted molar refractivity (Wildman–Crippen MR) is 184 cm³/mol. The Bertz CT molecular complexity index is 1880. The van der Waals surface area contributed by atoms with Crippen molar-refractivity contribution < 1.29 is 40.7 Å². The lowest BCUT2D eigenvalue weighted by Gasteiger charge is -2.31. The molecule has 1 N–H and O–H groups in total. The van der Waals surface area contributed by atoms with Gasteiger partial charge in [-0.15, -0.1) is 0 Å². The van der Waals surface area contributed by atoms with Crippen LogP contribution < -0.4 is 10.9 Å². The fourth-order valence-corrected chi connectivity index (χ4v) is 6.95. The largest absolute Gasteiger partial charge is 0.466 e. The van der Waals surface area contributed by atoms with Crippen LogP contribution in [0.2, 0.25) is 0 Å². The first-order valence-electron chi connectivity index (χ1n) is 17.8. The van der Waals surface area contributed by atoms with Gasteiger partial charge in [-0.3, -0.25) is 14.4 Å². The van der Waals surface area contributed by atoms with Gasteiger partial charge in [0.15, 0.2) is 0 Å². The minimum absolute atomic E-state index is 0.0190. The average molecular weight is 734 g/mol. The van der Waals surface area contributed by atoms with E-state index in [0.29, 0.717) is 31.0 Å². The molecular weight excluding hydrogens is 688 g/mol. The van der Waals surface area contributed by atoms with Crippen molar-refractivity contribution in [3.8, 4) is 11.1 Å². The molecule has 7 nitrogen and oxygen atoms in total. The summed E-state index contributed by atoms with van der Waals surface area (Å²) in [4.78, 5) is 42.6. The molecule has 5 rings (SSSR count). The minimum Gasteiger partial charge on any atom is -0.466 e. The second-order valence-corrected chi connectivity index (χ2v) is 14.3. The fourth-order valence-electron chi connectivity index (χ4n) is 6.95. The second kappa shape index (κ2) is 15.9. The molecule has 3 aromatic rings. The third kappa shape index (κ3) is 8.56. The summed E-state index contributed by atoms with van der Waals surface area (Å²) in [7, 11) is 0. The SMILES string of the molecule is CCOC(=O)C[C@H](NC(=O)C(CC(C)C)n1cc(CCN2CCC2)c(C(F)(F)F)cc1=O)c1c(F)c(-c2c(C)ccc(F)c2C)cc(C2CC2)c1F. The molecule has 2 aromatic carbocycles. The van der Waals surface area contributed by atoms with Gasteiger partial charge in [-0.1, -0.05) is 19.9 Å². The van der Waals surface area contributed by atoms with E-state index in [2.05, 4.69) is 5.32 Å². The number of pyridine rings is 1. The zero-order valence-corrected chi connectivity index (χ0v) is 30.1. The molecule has 2 heterocycles. The van der Waals surface area contributed by atoms with E-state index in [4.69, 9.17) is 4.74 Å². The molecule has 2 aliphatic rings. The zero-order chi connectivity index (χ0) is 38.1. The number of hydrogen-bond acceptors (Lipinski definition) is 5. The molecule has 0 radical (unpaired) electrons. The summed E-state index contributed by atoms with van der Waals surface area (Å²) in [5.74, 6) is -4.98. The second-order valence-electron chi connectivity index (χ2n) is 14.3. The number of esters is 1. The van der Waals surface area contributed by atoms with E-state index < -0.39 is 70.7 Å². The molecule has 2 fully saturated rings. The Labute approximate surface area is 299 Å². The van der Waals surface area contributed by atoms with Gasteiger partial charge in [-0.2, -0.15) is 13.2 Å². The molecule has 1 amide bonds. The third-order valence-electron chi connectivity index (χ3n) is 9.95. The summed E-state index contributed by atoms with van der Waals surface area (Å²) in [6.07, 6.45) is -2.34. The standard InChI is InChI=1S/C39H45F6N3O4/c1-6-52-33(50)19-30(35-36(41)26(24-9-10-24)17-27(37(35)42)34-22(4)8-11-29(40)23(34)5)46-38(51)31(16-21(2)3)48-20-25(12-15-47-13-7-14-47)28(18-32(48)49)39(43,44)45/h8,11,17-18,20-21,24,30-31H,6-7,9-10,12-16,19H2,1-5H3,(H,46,51)/t30-,31?/m0/s1.